The van der Waals surface area contributed by atoms with Crippen molar-refractivity contribution in [2.24, 2.45) is 0 Å². The zero-order chi connectivity index (χ0) is 14.7. The Labute approximate surface area is 123 Å². The molecule has 5 heteroatoms. The fraction of sp³-hybridized carbons (Fsp3) is 0.250. The standard InChI is InChI=1S/C16H18N4O/c1-12-7-15-17-11-18-20(15)16(8-12)19-14(10-21)9-13-5-3-2-4-6-13/h2-8,11,14,19,21H,9-10H2,1H3. The first-order chi connectivity index (χ1) is 10.3. The number of hydrogen-bond acceptors (Lipinski definition) is 4. The summed E-state index contributed by atoms with van der Waals surface area (Å²) in [5.41, 5.74) is 3.09. The molecule has 0 fully saturated rings. The molecule has 2 heterocycles. The van der Waals surface area contributed by atoms with Gasteiger partial charge in [0.2, 0.25) is 0 Å². The van der Waals surface area contributed by atoms with Crippen LogP contribution in [0.1, 0.15) is 11.1 Å². The second-order valence-electron chi connectivity index (χ2n) is 5.16. The molecular weight excluding hydrogens is 264 g/mol. The molecule has 0 aliphatic heterocycles. The number of benzene rings is 1. The maximum Gasteiger partial charge on any atom is 0.157 e. The van der Waals surface area contributed by atoms with Crippen molar-refractivity contribution in [1.82, 2.24) is 14.6 Å². The second-order valence-corrected chi connectivity index (χ2v) is 5.16. The summed E-state index contributed by atoms with van der Waals surface area (Å²) in [7, 11) is 0. The van der Waals surface area contributed by atoms with Gasteiger partial charge in [0.1, 0.15) is 12.1 Å². The number of aromatic nitrogens is 3. The molecule has 1 unspecified atom stereocenters. The van der Waals surface area contributed by atoms with Crippen molar-refractivity contribution in [2.45, 2.75) is 19.4 Å². The van der Waals surface area contributed by atoms with Gasteiger partial charge < -0.3 is 10.4 Å². The summed E-state index contributed by atoms with van der Waals surface area (Å²) in [6.07, 6.45) is 2.28. The molecule has 21 heavy (non-hydrogen) atoms. The molecular formula is C16H18N4O. The molecule has 0 saturated carbocycles. The van der Waals surface area contributed by atoms with Gasteiger partial charge in [-0.2, -0.15) is 9.61 Å². The minimum absolute atomic E-state index is 0.0546. The van der Waals surface area contributed by atoms with Crippen molar-refractivity contribution in [2.75, 3.05) is 11.9 Å². The molecule has 1 atom stereocenters. The van der Waals surface area contributed by atoms with Crippen LogP contribution in [0.4, 0.5) is 5.82 Å². The van der Waals surface area contributed by atoms with Gasteiger partial charge in [-0.05, 0) is 36.6 Å². The van der Waals surface area contributed by atoms with Gasteiger partial charge in [0.05, 0.1) is 12.6 Å². The molecule has 0 radical (unpaired) electrons. The molecule has 0 aliphatic rings. The van der Waals surface area contributed by atoms with Crippen LogP contribution < -0.4 is 5.32 Å². The predicted molar refractivity (Wildman–Crippen MR) is 82.4 cm³/mol. The lowest BCUT2D eigenvalue weighted by Crippen LogP contribution is -2.27. The van der Waals surface area contributed by atoms with E-state index in [9.17, 15) is 5.11 Å². The van der Waals surface area contributed by atoms with Gasteiger partial charge in [-0.1, -0.05) is 30.3 Å². The minimum atomic E-state index is -0.0680. The first-order valence-corrected chi connectivity index (χ1v) is 6.98. The summed E-state index contributed by atoms with van der Waals surface area (Å²) in [4.78, 5) is 4.21. The Bertz CT molecular complexity index is 723. The molecule has 1 aromatic carbocycles. The Hall–Kier alpha value is -2.40. The molecule has 0 saturated heterocycles. The van der Waals surface area contributed by atoms with E-state index in [1.807, 2.05) is 37.3 Å². The van der Waals surface area contributed by atoms with Crippen LogP contribution in [-0.2, 0) is 6.42 Å². The average Bonchev–Trinajstić information content (AvgIpc) is 2.96. The highest BCUT2D eigenvalue weighted by Crippen LogP contribution is 2.15. The van der Waals surface area contributed by atoms with E-state index in [4.69, 9.17) is 0 Å². The molecule has 0 aliphatic carbocycles. The van der Waals surface area contributed by atoms with Crippen molar-refractivity contribution in [1.29, 1.82) is 0 Å². The highest BCUT2D eigenvalue weighted by Gasteiger charge is 2.11. The molecule has 3 rings (SSSR count). The Morgan fingerprint density at radius 3 is 2.81 bits per heavy atom. The lowest BCUT2D eigenvalue weighted by atomic mass is 10.1. The Kier molecular flexibility index (Phi) is 3.83. The van der Waals surface area contributed by atoms with Crippen molar-refractivity contribution in [3.63, 3.8) is 0 Å². The number of hydrogen-bond donors (Lipinski definition) is 2. The normalized spacial score (nSPS) is 12.5. The van der Waals surface area contributed by atoms with Gasteiger partial charge in [-0.15, -0.1) is 0 Å². The number of nitrogens with one attached hydrogen (secondary N) is 1. The number of aliphatic hydroxyl groups excluding tert-OH is 1. The summed E-state index contributed by atoms with van der Waals surface area (Å²) >= 11 is 0. The first kappa shape index (κ1) is 13.6. The lowest BCUT2D eigenvalue weighted by Gasteiger charge is -2.18. The van der Waals surface area contributed by atoms with E-state index >= 15 is 0 Å². The monoisotopic (exact) mass is 282 g/mol. The van der Waals surface area contributed by atoms with Crippen LogP contribution in [0.5, 0.6) is 0 Å². The van der Waals surface area contributed by atoms with E-state index in [2.05, 4.69) is 27.5 Å². The minimum Gasteiger partial charge on any atom is -0.394 e. The van der Waals surface area contributed by atoms with Crippen LogP contribution in [-0.4, -0.2) is 32.4 Å². The van der Waals surface area contributed by atoms with Gasteiger partial charge in [-0.25, -0.2) is 4.98 Å². The lowest BCUT2D eigenvalue weighted by molar-refractivity contribution is 0.273. The van der Waals surface area contributed by atoms with Gasteiger partial charge in [-0.3, -0.25) is 0 Å². The number of pyridine rings is 1. The number of aliphatic hydroxyl groups is 1. The van der Waals surface area contributed by atoms with Crippen LogP contribution in [0.15, 0.2) is 48.8 Å². The molecule has 2 aromatic heterocycles. The SMILES string of the molecule is Cc1cc(NC(CO)Cc2ccccc2)n2ncnc2c1. The van der Waals surface area contributed by atoms with Gasteiger partial charge >= 0.3 is 0 Å². The highest BCUT2D eigenvalue weighted by molar-refractivity contribution is 5.51. The molecule has 5 nitrogen and oxygen atoms in total. The van der Waals surface area contributed by atoms with E-state index in [0.717, 1.165) is 23.4 Å². The predicted octanol–water partition coefficient (Wildman–Crippen LogP) is 2.05. The summed E-state index contributed by atoms with van der Waals surface area (Å²) in [6.45, 7) is 2.07. The molecule has 2 N–H and O–H groups in total. The van der Waals surface area contributed by atoms with E-state index in [1.54, 1.807) is 4.52 Å². The Balaban J connectivity index is 1.84. The number of anilines is 1. The zero-order valence-corrected chi connectivity index (χ0v) is 11.9. The first-order valence-electron chi connectivity index (χ1n) is 6.98. The van der Waals surface area contributed by atoms with Gasteiger partial charge in [0.25, 0.3) is 0 Å². The fourth-order valence-corrected chi connectivity index (χ4v) is 2.43. The summed E-state index contributed by atoms with van der Waals surface area (Å²) in [5, 5.41) is 17.2. The number of aryl methyl sites for hydroxylation is 1. The smallest absolute Gasteiger partial charge is 0.157 e. The summed E-state index contributed by atoms with van der Waals surface area (Å²) in [6, 6.07) is 14.0. The van der Waals surface area contributed by atoms with Crippen molar-refractivity contribution >= 4 is 11.5 Å². The van der Waals surface area contributed by atoms with Crippen molar-refractivity contribution in [3.8, 4) is 0 Å². The van der Waals surface area contributed by atoms with Crippen LogP contribution >= 0.6 is 0 Å². The van der Waals surface area contributed by atoms with Crippen LogP contribution in [0, 0.1) is 6.92 Å². The fourth-order valence-electron chi connectivity index (χ4n) is 2.43. The third kappa shape index (κ3) is 3.03. The van der Waals surface area contributed by atoms with E-state index in [-0.39, 0.29) is 12.6 Å². The highest BCUT2D eigenvalue weighted by atomic mass is 16.3. The Morgan fingerprint density at radius 1 is 1.24 bits per heavy atom. The molecule has 0 bridgehead atoms. The Morgan fingerprint density at radius 2 is 2.05 bits per heavy atom. The van der Waals surface area contributed by atoms with Crippen LogP contribution in [0.25, 0.3) is 5.65 Å². The maximum atomic E-state index is 9.63. The van der Waals surface area contributed by atoms with Crippen LogP contribution in [0.2, 0.25) is 0 Å². The molecule has 0 spiro atoms. The zero-order valence-electron chi connectivity index (χ0n) is 11.9. The number of fused-ring (bicyclic) bond motifs is 1. The summed E-state index contributed by atoms with van der Waals surface area (Å²) < 4.78 is 1.75. The van der Waals surface area contributed by atoms with E-state index in [1.165, 1.54) is 11.9 Å². The average molecular weight is 282 g/mol. The summed E-state index contributed by atoms with van der Waals surface area (Å²) in [5.74, 6) is 0.845. The molecule has 108 valence electrons. The van der Waals surface area contributed by atoms with Gasteiger partial charge in [0, 0.05) is 0 Å². The topological polar surface area (TPSA) is 62.5 Å². The van der Waals surface area contributed by atoms with Crippen molar-refractivity contribution < 1.29 is 5.11 Å². The number of nitrogens with zero attached hydrogens (tertiary/aromatic N) is 3. The molecule has 3 aromatic rings. The number of rotatable bonds is 5. The quantitative estimate of drug-likeness (QED) is 0.752. The third-order valence-electron chi connectivity index (χ3n) is 3.42. The molecule has 0 amide bonds. The van der Waals surface area contributed by atoms with Crippen molar-refractivity contribution in [3.05, 3.63) is 59.9 Å². The van der Waals surface area contributed by atoms with E-state index < -0.39 is 0 Å². The largest absolute Gasteiger partial charge is 0.394 e. The third-order valence-corrected chi connectivity index (χ3v) is 3.42. The van der Waals surface area contributed by atoms with E-state index in [0.29, 0.717) is 0 Å². The van der Waals surface area contributed by atoms with Gasteiger partial charge in [0.15, 0.2) is 5.65 Å². The maximum absolute atomic E-state index is 9.63. The second kappa shape index (κ2) is 5.93. The van der Waals surface area contributed by atoms with Crippen LogP contribution in [0.3, 0.4) is 0 Å².